The average Bonchev–Trinajstić information content (AvgIpc) is 3.27. The van der Waals surface area contributed by atoms with Gasteiger partial charge in [0.05, 0.1) is 10.2 Å². The van der Waals surface area contributed by atoms with Crippen molar-refractivity contribution in [1.82, 2.24) is 10.3 Å². The van der Waals surface area contributed by atoms with E-state index in [0.717, 1.165) is 44.2 Å². The van der Waals surface area contributed by atoms with Gasteiger partial charge < -0.3 is 15.7 Å². The molecule has 3 N–H and O–H groups in total. The Hall–Kier alpha value is -2.64. The molecular weight excluding hydrogens is 465 g/mol. The summed E-state index contributed by atoms with van der Waals surface area (Å²) in [7, 11) is 0. The first-order chi connectivity index (χ1) is 14.6. The molecule has 1 aliphatic heterocycles. The SMILES string of the molecule is O=C(Nc1sc2c(c1-c1nc3ccccc3s1)CCNC2)C(F)F.O=C(O)C(F)(F)F. The van der Waals surface area contributed by atoms with Crippen LogP contribution in [0, 0.1) is 0 Å². The molecule has 3 heterocycles. The van der Waals surface area contributed by atoms with Gasteiger partial charge in [-0.05, 0) is 30.7 Å². The quantitative estimate of drug-likeness (QED) is 0.481. The maximum atomic E-state index is 12.7. The van der Waals surface area contributed by atoms with E-state index in [1.54, 1.807) is 0 Å². The van der Waals surface area contributed by atoms with Gasteiger partial charge in [0.15, 0.2) is 0 Å². The normalized spacial score (nSPS) is 13.5. The number of anilines is 1. The Morgan fingerprint density at radius 2 is 1.87 bits per heavy atom. The number of rotatable bonds is 3. The summed E-state index contributed by atoms with van der Waals surface area (Å²) in [6, 6.07) is 7.76. The third kappa shape index (κ3) is 5.35. The molecule has 0 spiro atoms. The number of thiazole rings is 1. The number of para-hydroxylation sites is 1. The average molecular weight is 479 g/mol. The second-order valence-corrected chi connectivity index (χ2v) is 8.35. The van der Waals surface area contributed by atoms with Gasteiger partial charge in [0.2, 0.25) is 0 Å². The molecule has 1 amide bonds. The lowest BCUT2D eigenvalue weighted by Crippen LogP contribution is -2.22. The molecule has 0 bridgehead atoms. The first-order valence-corrected chi connectivity index (χ1v) is 10.3. The zero-order valence-electron chi connectivity index (χ0n) is 15.4. The molecule has 31 heavy (non-hydrogen) atoms. The number of carbonyl (C=O) groups excluding carboxylic acids is 1. The third-order valence-electron chi connectivity index (χ3n) is 4.11. The smallest absolute Gasteiger partial charge is 0.475 e. The molecular formula is C18H14F5N3O3S2. The summed E-state index contributed by atoms with van der Waals surface area (Å²) < 4.78 is 58.1. The van der Waals surface area contributed by atoms with E-state index in [9.17, 15) is 26.7 Å². The van der Waals surface area contributed by atoms with Gasteiger partial charge in [0, 0.05) is 17.0 Å². The highest BCUT2D eigenvalue weighted by Crippen LogP contribution is 2.44. The molecule has 1 aliphatic rings. The van der Waals surface area contributed by atoms with Crippen LogP contribution >= 0.6 is 22.7 Å². The Morgan fingerprint density at radius 3 is 2.48 bits per heavy atom. The van der Waals surface area contributed by atoms with Crippen molar-refractivity contribution in [2.75, 3.05) is 11.9 Å². The molecule has 0 aliphatic carbocycles. The van der Waals surface area contributed by atoms with Crippen molar-refractivity contribution in [3.63, 3.8) is 0 Å². The minimum absolute atomic E-state index is 0.466. The Labute approximate surface area is 179 Å². The summed E-state index contributed by atoms with van der Waals surface area (Å²) in [6.45, 7) is 1.51. The molecule has 13 heteroatoms. The second kappa shape index (κ2) is 9.24. The Morgan fingerprint density at radius 1 is 1.19 bits per heavy atom. The second-order valence-electron chi connectivity index (χ2n) is 6.21. The van der Waals surface area contributed by atoms with Crippen molar-refractivity contribution in [1.29, 1.82) is 0 Å². The van der Waals surface area contributed by atoms with Gasteiger partial charge in [-0.25, -0.2) is 9.78 Å². The van der Waals surface area contributed by atoms with E-state index in [1.807, 2.05) is 24.3 Å². The van der Waals surface area contributed by atoms with Gasteiger partial charge in [-0.15, -0.1) is 22.7 Å². The number of thiophene rings is 1. The summed E-state index contributed by atoms with van der Waals surface area (Å²) in [6.07, 6.45) is -7.33. The van der Waals surface area contributed by atoms with E-state index in [4.69, 9.17) is 9.90 Å². The number of hydrogen-bond donors (Lipinski definition) is 3. The van der Waals surface area contributed by atoms with E-state index >= 15 is 0 Å². The number of carboxylic acids is 1. The first kappa shape index (κ1) is 23.0. The number of carboxylic acid groups (broad SMARTS) is 1. The molecule has 0 saturated carbocycles. The van der Waals surface area contributed by atoms with Crippen LogP contribution < -0.4 is 10.6 Å². The van der Waals surface area contributed by atoms with Crippen LogP contribution in [0.2, 0.25) is 0 Å². The molecule has 1 aromatic carbocycles. The molecule has 166 valence electrons. The topological polar surface area (TPSA) is 91.3 Å². The number of halogens is 5. The standard InChI is InChI=1S/C16H13F2N3OS2.C2HF3O2/c17-13(18)14(22)21-16-12(8-5-6-19-7-11(8)24-16)15-20-9-3-1-2-4-10(9)23-15;3-2(4,5)1(6)7/h1-4,13,19H,5-7H2,(H,21,22);(H,6,7). The van der Waals surface area contributed by atoms with E-state index in [1.165, 1.54) is 22.7 Å². The van der Waals surface area contributed by atoms with E-state index in [-0.39, 0.29) is 0 Å². The van der Waals surface area contributed by atoms with E-state index in [2.05, 4.69) is 15.6 Å². The summed E-state index contributed by atoms with van der Waals surface area (Å²) in [5.74, 6) is -4.03. The van der Waals surface area contributed by atoms with Gasteiger partial charge in [0.25, 0.3) is 5.91 Å². The summed E-state index contributed by atoms with van der Waals surface area (Å²) in [5, 5.41) is 14.0. The van der Waals surface area contributed by atoms with Crippen LogP contribution in [0.15, 0.2) is 24.3 Å². The number of aromatic nitrogens is 1. The maximum Gasteiger partial charge on any atom is 0.490 e. The van der Waals surface area contributed by atoms with Gasteiger partial charge >= 0.3 is 18.6 Å². The van der Waals surface area contributed by atoms with Crippen molar-refractivity contribution < 1.29 is 36.6 Å². The lowest BCUT2D eigenvalue weighted by atomic mass is 10.0. The lowest BCUT2D eigenvalue weighted by molar-refractivity contribution is -0.192. The monoisotopic (exact) mass is 479 g/mol. The molecule has 0 radical (unpaired) electrons. The predicted octanol–water partition coefficient (Wildman–Crippen LogP) is 4.51. The van der Waals surface area contributed by atoms with Crippen LogP contribution in [-0.4, -0.2) is 41.1 Å². The number of carbonyl (C=O) groups is 2. The number of hydrogen-bond acceptors (Lipinski definition) is 6. The molecule has 0 atom stereocenters. The highest BCUT2D eigenvalue weighted by molar-refractivity contribution is 7.22. The summed E-state index contributed by atoms with van der Waals surface area (Å²) in [4.78, 5) is 26.1. The highest BCUT2D eigenvalue weighted by atomic mass is 32.1. The number of fused-ring (bicyclic) bond motifs is 2. The van der Waals surface area contributed by atoms with Crippen LogP contribution in [0.1, 0.15) is 10.4 Å². The third-order valence-corrected chi connectivity index (χ3v) is 6.31. The van der Waals surface area contributed by atoms with E-state index < -0.39 is 24.5 Å². The number of alkyl halides is 5. The van der Waals surface area contributed by atoms with Crippen molar-refractivity contribution in [3.8, 4) is 10.6 Å². The highest BCUT2D eigenvalue weighted by Gasteiger charge is 2.38. The van der Waals surface area contributed by atoms with Crippen LogP contribution in [0.3, 0.4) is 0 Å². The zero-order chi connectivity index (χ0) is 22.8. The largest absolute Gasteiger partial charge is 0.490 e. The number of nitrogens with one attached hydrogen (secondary N) is 2. The molecule has 2 aromatic heterocycles. The fraction of sp³-hybridized carbons (Fsp3) is 0.278. The van der Waals surface area contributed by atoms with Crippen molar-refractivity contribution in [2.24, 2.45) is 0 Å². The Balaban J connectivity index is 0.000000339. The summed E-state index contributed by atoms with van der Waals surface area (Å²) in [5.41, 5.74) is 2.77. The van der Waals surface area contributed by atoms with Crippen molar-refractivity contribution >= 4 is 49.8 Å². The molecule has 0 fully saturated rings. The Kier molecular flexibility index (Phi) is 6.86. The van der Waals surface area contributed by atoms with Crippen LogP contribution in [0.5, 0.6) is 0 Å². The molecule has 3 aromatic rings. The Bertz CT molecular complexity index is 1080. The number of aliphatic carboxylic acids is 1. The maximum absolute atomic E-state index is 12.7. The molecule has 0 unspecified atom stereocenters. The molecule has 4 rings (SSSR count). The van der Waals surface area contributed by atoms with Gasteiger partial charge in [-0.3, -0.25) is 4.79 Å². The first-order valence-electron chi connectivity index (χ1n) is 8.68. The number of amides is 1. The van der Waals surface area contributed by atoms with Gasteiger partial charge in [0.1, 0.15) is 10.0 Å². The molecule has 0 saturated heterocycles. The van der Waals surface area contributed by atoms with E-state index in [0.29, 0.717) is 11.5 Å². The van der Waals surface area contributed by atoms with Gasteiger partial charge in [-0.2, -0.15) is 22.0 Å². The van der Waals surface area contributed by atoms with Crippen LogP contribution in [0.25, 0.3) is 20.8 Å². The van der Waals surface area contributed by atoms with Crippen LogP contribution in [0.4, 0.5) is 27.0 Å². The van der Waals surface area contributed by atoms with Crippen molar-refractivity contribution in [2.45, 2.75) is 25.6 Å². The fourth-order valence-corrected chi connectivity index (χ4v) is 5.13. The zero-order valence-corrected chi connectivity index (χ0v) is 17.1. The minimum Gasteiger partial charge on any atom is -0.475 e. The van der Waals surface area contributed by atoms with Crippen LogP contribution in [-0.2, 0) is 22.6 Å². The fourth-order valence-electron chi connectivity index (χ4n) is 2.79. The summed E-state index contributed by atoms with van der Waals surface area (Å²) >= 11 is 2.87. The lowest BCUT2D eigenvalue weighted by Gasteiger charge is -2.13. The number of benzene rings is 1. The predicted molar refractivity (Wildman–Crippen MR) is 107 cm³/mol. The molecule has 6 nitrogen and oxygen atoms in total. The number of nitrogens with zero attached hydrogens (tertiary/aromatic N) is 1. The minimum atomic E-state index is -5.08. The van der Waals surface area contributed by atoms with Crippen molar-refractivity contribution in [3.05, 3.63) is 34.7 Å². The van der Waals surface area contributed by atoms with Gasteiger partial charge in [-0.1, -0.05) is 12.1 Å².